The molecule has 134 valence electrons. The van der Waals surface area contributed by atoms with Crippen molar-refractivity contribution in [1.82, 2.24) is 0 Å². The predicted molar refractivity (Wildman–Crippen MR) is 89.3 cm³/mol. The topological polar surface area (TPSA) is 79.6 Å². The monoisotopic (exact) mass is 356 g/mol. The molecule has 0 radical (unpaired) electrons. The Balaban J connectivity index is 1.47. The number of ether oxygens (including phenoxy) is 2. The summed E-state index contributed by atoms with van der Waals surface area (Å²) >= 11 is 0. The number of hydrogen-bond donors (Lipinski definition) is 0. The van der Waals surface area contributed by atoms with Crippen LogP contribution in [0.3, 0.4) is 0 Å². The van der Waals surface area contributed by atoms with Gasteiger partial charge in [-0.05, 0) is 42.0 Å². The summed E-state index contributed by atoms with van der Waals surface area (Å²) in [6.07, 6.45) is 1.56. The quantitative estimate of drug-likeness (QED) is 0.775. The van der Waals surface area contributed by atoms with Gasteiger partial charge in [0.15, 0.2) is 6.10 Å². The van der Waals surface area contributed by atoms with Gasteiger partial charge in [-0.3, -0.25) is 9.69 Å². The summed E-state index contributed by atoms with van der Waals surface area (Å²) in [6.45, 7) is 1.46. The number of esters is 1. The predicted octanol–water partition coefficient (Wildman–Crippen LogP) is 2.89. The molecular weight excluding hydrogens is 339 g/mol. The van der Waals surface area contributed by atoms with Crippen molar-refractivity contribution >= 4 is 23.3 Å². The average molecular weight is 356 g/mol. The Labute approximate surface area is 149 Å². The number of carbonyl (C=O) groups excluding carboxylic acids is 2. The van der Waals surface area contributed by atoms with Gasteiger partial charge in [0, 0.05) is 12.5 Å². The number of fused-ring (bicyclic) bond motifs is 1. The van der Waals surface area contributed by atoms with Crippen LogP contribution in [-0.4, -0.2) is 31.3 Å². The van der Waals surface area contributed by atoms with Crippen LogP contribution in [0.5, 0.6) is 0 Å². The van der Waals surface area contributed by atoms with E-state index in [0.717, 1.165) is 12.0 Å². The fourth-order valence-electron chi connectivity index (χ4n) is 3.79. The summed E-state index contributed by atoms with van der Waals surface area (Å²) < 4.78 is 24.6. The molecule has 3 unspecified atom stereocenters. The van der Waals surface area contributed by atoms with E-state index in [1.807, 2.05) is 6.08 Å². The maximum Gasteiger partial charge on any atom is 0.414 e. The number of halogens is 1. The first-order valence-electron chi connectivity index (χ1n) is 8.49. The Morgan fingerprint density at radius 1 is 1.50 bits per heavy atom. The van der Waals surface area contributed by atoms with Gasteiger partial charge in [-0.1, -0.05) is 6.08 Å². The number of nitrogens with zero attached hydrogens (tertiary/aromatic N) is 2. The van der Waals surface area contributed by atoms with Crippen LogP contribution in [0.25, 0.3) is 5.57 Å². The molecule has 4 rings (SSSR count). The molecule has 4 atom stereocenters. The number of rotatable bonds is 4. The van der Waals surface area contributed by atoms with Crippen molar-refractivity contribution < 1.29 is 23.5 Å². The summed E-state index contributed by atoms with van der Waals surface area (Å²) in [4.78, 5) is 24.2. The van der Waals surface area contributed by atoms with Gasteiger partial charge in [0.1, 0.15) is 12.4 Å². The zero-order valence-corrected chi connectivity index (χ0v) is 14.1. The Hall–Kier alpha value is -2.88. The highest BCUT2D eigenvalue weighted by Crippen LogP contribution is 2.57. The van der Waals surface area contributed by atoms with Crippen molar-refractivity contribution in [1.29, 1.82) is 5.26 Å². The number of benzene rings is 1. The van der Waals surface area contributed by atoms with Crippen LogP contribution >= 0.6 is 0 Å². The van der Waals surface area contributed by atoms with E-state index in [-0.39, 0.29) is 25.0 Å². The minimum Gasteiger partial charge on any atom is -0.462 e. The molecule has 1 amide bonds. The van der Waals surface area contributed by atoms with E-state index in [1.54, 1.807) is 12.1 Å². The van der Waals surface area contributed by atoms with Crippen LogP contribution in [-0.2, 0) is 14.3 Å². The second-order valence-corrected chi connectivity index (χ2v) is 6.88. The van der Waals surface area contributed by atoms with Crippen LogP contribution < -0.4 is 4.90 Å². The number of nitriles is 1. The number of amides is 1. The van der Waals surface area contributed by atoms with E-state index in [9.17, 15) is 14.0 Å². The third kappa shape index (κ3) is 2.81. The van der Waals surface area contributed by atoms with Crippen LogP contribution in [0.15, 0.2) is 24.3 Å². The van der Waals surface area contributed by atoms with E-state index in [0.29, 0.717) is 17.2 Å². The van der Waals surface area contributed by atoms with Crippen molar-refractivity contribution in [3.05, 3.63) is 35.7 Å². The molecule has 1 heterocycles. The fourth-order valence-corrected chi connectivity index (χ4v) is 3.79. The van der Waals surface area contributed by atoms with Gasteiger partial charge in [0.25, 0.3) is 0 Å². The first kappa shape index (κ1) is 16.6. The molecule has 6 nitrogen and oxygen atoms in total. The largest absolute Gasteiger partial charge is 0.462 e. The minimum absolute atomic E-state index is 0.0200. The van der Waals surface area contributed by atoms with Crippen LogP contribution in [0.1, 0.15) is 18.9 Å². The van der Waals surface area contributed by atoms with E-state index in [1.165, 1.54) is 17.9 Å². The number of cyclic esters (lactones) is 1. The highest BCUT2D eigenvalue weighted by atomic mass is 19.1. The molecule has 0 aromatic heterocycles. The maximum absolute atomic E-state index is 14.6. The lowest BCUT2D eigenvalue weighted by Crippen LogP contribution is -2.26. The third-order valence-corrected chi connectivity index (χ3v) is 5.18. The lowest BCUT2D eigenvalue weighted by Gasteiger charge is -2.15. The molecule has 1 saturated heterocycles. The molecule has 3 aliphatic rings. The summed E-state index contributed by atoms with van der Waals surface area (Å²) in [5, 5.41) is 8.97. The second kappa shape index (κ2) is 6.13. The Morgan fingerprint density at radius 3 is 2.92 bits per heavy atom. The van der Waals surface area contributed by atoms with Crippen LogP contribution in [0.2, 0.25) is 0 Å². The van der Waals surface area contributed by atoms with Gasteiger partial charge in [0.2, 0.25) is 0 Å². The Kier molecular flexibility index (Phi) is 3.91. The third-order valence-electron chi connectivity index (χ3n) is 5.18. The van der Waals surface area contributed by atoms with Gasteiger partial charge < -0.3 is 9.47 Å². The van der Waals surface area contributed by atoms with E-state index in [4.69, 9.17) is 14.7 Å². The van der Waals surface area contributed by atoms with Crippen molar-refractivity contribution in [2.45, 2.75) is 19.4 Å². The summed E-state index contributed by atoms with van der Waals surface area (Å²) in [6, 6.07) is 6.93. The van der Waals surface area contributed by atoms with Crippen molar-refractivity contribution in [2.24, 2.45) is 17.8 Å². The van der Waals surface area contributed by atoms with E-state index < -0.39 is 24.0 Å². The van der Waals surface area contributed by atoms with Gasteiger partial charge in [0.05, 0.1) is 24.2 Å². The van der Waals surface area contributed by atoms with E-state index in [2.05, 4.69) is 6.07 Å². The van der Waals surface area contributed by atoms with E-state index >= 15 is 0 Å². The van der Waals surface area contributed by atoms with Gasteiger partial charge in [-0.15, -0.1) is 0 Å². The molecule has 2 aliphatic carbocycles. The first-order chi connectivity index (χ1) is 12.5. The number of allylic oxidation sites excluding steroid dienone is 2. The maximum atomic E-state index is 14.6. The molecule has 26 heavy (non-hydrogen) atoms. The van der Waals surface area contributed by atoms with Crippen LogP contribution in [0, 0.1) is 34.9 Å². The standard InChI is InChI=1S/C19H17FN2O4/c1-10(23)25-9-13-8-22(19(24)26-13)12-2-3-14(18(20)6-12)11-4-15-16(5-11)17(15)7-21/h2-4,6,13,15-17H,5,8-9H2,1H3/t13-,15?,16?,17?/m1/s1. The second-order valence-electron chi connectivity index (χ2n) is 6.88. The van der Waals surface area contributed by atoms with Crippen molar-refractivity contribution in [2.75, 3.05) is 18.1 Å². The summed E-state index contributed by atoms with van der Waals surface area (Å²) in [5.74, 6) is -0.194. The van der Waals surface area contributed by atoms with Gasteiger partial charge in [-0.25, -0.2) is 9.18 Å². The minimum atomic E-state index is -0.590. The number of carbonyl (C=O) groups is 2. The molecule has 1 aromatic carbocycles. The molecule has 0 bridgehead atoms. The highest BCUT2D eigenvalue weighted by Gasteiger charge is 2.53. The average Bonchev–Trinajstić information content (AvgIpc) is 2.93. The lowest BCUT2D eigenvalue weighted by molar-refractivity contribution is -0.143. The number of anilines is 1. The summed E-state index contributed by atoms with van der Waals surface area (Å²) in [5.41, 5.74) is 1.84. The molecule has 1 aromatic rings. The van der Waals surface area contributed by atoms with Crippen molar-refractivity contribution in [3.63, 3.8) is 0 Å². The smallest absolute Gasteiger partial charge is 0.414 e. The fraction of sp³-hybridized carbons (Fsp3) is 0.421. The van der Waals surface area contributed by atoms with Crippen molar-refractivity contribution in [3.8, 4) is 6.07 Å². The molecule has 2 fully saturated rings. The zero-order valence-electron chi connectivity index (χ0n) is 14.1. The van der Waals surface area contributed by atoms with Crippen LogP contribution in [0.4, 0.5) is 14.9 Å². The molecular formula is C19H17FN2O4. The van der Waals surface area contributed by atoms with Gasteiger partial charge >= 0.3 is 12.1 Å². The molecule has 7 heteroatoms. The molecule has 1 aliphatic heterocycles. The normalized spacial score (nSPS) is 28.9. The first-order valence-corrected chi connectivity index (χ1v) is 8.49. The lowest BCUT2D eigenvalue weighted by atomic mass is 10.00. The molecule has 1 saturated carbocycles. The molecule has 0 spiro atoms. The number of hydrogen-bond acceptors (Lipinski definition) is 5. The Bertz CT molecular complexity index is 860. The summed E-state index contributed by atoms with van der Waals surface area (Å²) in [7, 11) is 0. The Morgan fingerprint density at radius 2 is 2.31 bits per heavy atom. The van der Waals surface area contributed by atoms with Gasteiger partial charge in [-0.2, -0.15) is 5.26 Å². The SMILES string of the molecule is CC(=O)OC[C@H]1CN(c2ccc(C3=CC4C(C#N)C4C3)c(F)c2)C(=O)O1. The highest BCUT2D eigenvalue weighted by molar-refractivity contribution is 5.90. The zero-order chi connectivity index (χ0) is 18.4. The molecule has 0 N–H and O–H groups in total.